The maximum absolute atomic E-state index is 11.3. The molecule has 0 fully saturated rings. The summed E-state index contributed by atoms with van der Waals surface area (Å²) in [6.07, 6.45) is 1.98. The molecule has 0 radical (unpaired) electrons. The quantitative estimate of drug-likeness (QED) is 0.589. The fraction of sp³-hybridized carbons (Fsp3) is 0.583. The van der Waals surface area contributed by atoms with Gasteiger partial charge in [-0.05, 0) is 35.7 Å². The molecule has 0 aliphatic heterocycles. The summed E-state index contributed by atoms with van der Waals surface area (Å²) in [6, 6.07) is 2.26. The van der Waals surface area contributed by atoms with Crippen LogP contribution in [0.4, 0.5) is 0 Å². The topological polar surface area (TPSA) is 38.3 Å². The first-order chi connectivity index (χ1) is 7.74. The van der Waals surface area contributed by atoms with E-state index in [1.165, 1.54) is 5.56 Å². The third kappa shape index (κ3) is 4.77. The number of carbonyl (C=O) groups is 1. The minimum atomic E-state index is -0.171. The monoisotopic (exact) mass is 241 g/mol. The number of hydrogen-bond acceptors (Lipinski definition) is 4. The van der Waals surface area contributed by atoms with E-state index in [2.05, 4.69) is 23.7 Å². The Morgan fingerprint density at radius 1 is 1.62 bits per heavy atom. The highest BCUT2D eigenvalue weighted by molar-refractivity contribution is 7.07. The second-order valence-electron chi connectivity index (χ2n) is 3.73. The van der Waals surface area contributed by atoms with Crippen LogP contribution in [0.25, 0.3) is 0 Å². The van der Waals surface area contributed by atoms with Crippen molar-refractivity contribution < 1.29 is 9.53 Å². The van der Waals surface area contributed by atoms with Crippen LogP contribution < -0.4 is 5.32 Å². The Morgan fingerprint density at radius 3 is 3.06 bits per heavy atom. The van der Waals surface area contributed by atoms with Crippen LogP contribution >= 0.6 is 11.3 Å². The first-order valence-corrected chi connectivity index (χ1v) is 6.59. The molecule has 4 heteroatoms. The Balaban J connectivity index is 2.16. The van der Waals surface area contributed by atoms with E-state index >= 15 is 0 Å². The molecular weight excluding hydrogens is 222 g/mol. The average Bonchev–Trinajstić information content (AvgIpc) is 2.79. The second-order valence-corrected chi connectivity index (χ2v) is 4.51. The van der Waals surface area contributed by atoms with Crippen molar-refractivity contribution in [2.75, 3.05) is 13.2 Å². The van der Waals surface area contributed by atoms with Crippen molar-refractivity contribution in [2.24, 2.45) is 0 Å². The lowest BCUT2D eigenvalue weighted by molar-refractivity contribution is -0.142. The van der Waals surface area contributed by atoms with Gasteiger partial charge in [-0.25, -0.2) is 0 Å². The normalized spacial score (nSPS) is 12.4. The molecule has 1 unspecified atom stereocenters. The Kier molecular flexibility index (Phi) is 6.11. The second kappa shape index (κ2) is 7.41. The Morgan fingerprint density at radius 2 is 2.44 bits per heavy atom. The van der Waals surface area contributed by atoms with Crippen LogP contribution in [0.15, 0.2) is 16.8 Å². The molecule has 1 aromatic heterocycles. The van der Waals surface area contributed by atoms with Gasteiger partial charge in [-0.2, -0.15) is 11.3 Å². The lowest BCUT2D eigenvalue weighted by Crippen LogP contribution is -2.27. The van der Waals surface area contributed by atoms with Crippen LogP contribution in [0.1, 0.15) is 38.3 Å². The summed E-state index contributed by atoms with van der Waals surface area (Å²) >= 11 is 1.66. The van der Waals surface area contributed by atoms with Crippen molar-refractivity contribution in [1.29, 1.82) is 0 Å². The molecule has 0 saturated heterocycles. The summed E-state index contributed by atoms with van der Waals surface area (Å²) in [4.78, 5) is 11.3. The number of unbranched alkanes of at least 4 members (excludes halogenated alkanes) is 1. The summed E-state index contributed by atoms with van der Waals surface area (Å²) in [7, 11) is 0. The van der Waals surface area contributed by atoms with Gasteiger partial charge in [-0.15, -0.1) is 0 Å². The molecule has 0 spiro atoms. The van der Waals surface area contributed by atoms with Gasteiger partial charge in [0.1, 0.15) is 0 Å². The molecule has 0 aliphatic carbocycles. The zero-order valence-electron chi connectivity index (χ0n) is 9.86. The summed E-state index contributed by atoms with van der Waals surface area (Å²) in [5, 5.41) is 7.26. The van der Waals surface area contributed by atoms with Crippen molar-refractivity contribution in [3.8, 4) is 0 Å². The standard InChI is InChI=1S/C12H19NO2S/c1-3-4-6-15-12(14)8-13-10(2)11-5-7-16-9-11/h5,7,9-10,13H,3-4,6,8H2,1-2H3. The highest BCUT2D eigenvalue weighted by Crippen LogP contribution is 2.14. The SMILES string of the molecule is CCCCOC(=O)CNC(C)c1ccsc1. The lowest BCUT2D eigenvalue weighted by Gasteiger charge is -2.11. The number of nitrogens with one attached hydrogen (secondary N) is 1. The van der Waals surface area contributed by atoms with Gasteiger partial charge in [0.2, 0.25) is 0 Å². The molecule has 0 aromatic carbocycles. The molecule has 0 aliphatic rings. The molecule has 1 aromatic rings. The van der Waals surface area contributed by atoms with Gasteiger partial charge in [0.05, 0.1) is 13.2 Å². The number of thiophene rings is 1. The summed E-state index contributed by atoms with van der Waals surface area (Å²) in [6.45, 7) is 4.93. The molecule has 0 amide bonds. The fourth-order valence-electron chi connectivity index (χ4n) is 1.26. The zero-order chi connectivity index (χ0) is 11.8. The van der Waals surface area contributed by atoms with Gasteiger partial charge in [-0.3, -0.25) is 4.79 Å². The maximum Gasteiger partial charge on any atom is 0.319 e. The number of hydrogen-bond donors (Lipinski definition) is 1. The maximum atomic E-state index is 11.3. The van der Waals surface area contributed by atoms with E-state index in [1.54, 1.807) is 11.3 Å². The minimum Gasteiger partial charge on any atom is -0.465 e. The predicted octanol–water partition coefficient (Wildman–Crippen LogP) is 2.74. The smallest absolute Gasteiger partial charge is 0.319 e. The van der Waals surface area contributed by atoms with Crippen molar-refractivity contribution in [1.82, 2.24) is 5.32 Å². The van der Waals surface area contributed by atoms with E-state index in [4.69, 9.17) is 4.74 Å². The Labute approximate surface area is 101 Å². The van der Waals surface area contributed by atoms with Gasteiger partial charge in [-0.1, -0.05) is 13.3 Å². The average molecular weight is 241 g/mol. The summed E-state index contributed by atoms with van der Waals surface area (Å²) in [5.74, 6) is -0.171. The molecular formula is C12H19NO2S. The largest absolute Gasteiger partial charge is 0.465 e. The van der Waals surface area contributed by atoms with E-state index < -0.39 is 0 Å². The van der Waals surface area contributed by atoms with Crippen LogP contribution in [0.5, 0.6) is 0 Å². The summed E-state index contributed by atoms with van der Waals surface area (Å²) < 4.78 is 5.05. The minimum absolute atomic E-state index is 0.171. The highest BCUT2D eigenvalue weighted by Gasteiger charge is 2.08. The molecule has 1 heterocycles. The number of esters is 1. The van der Waals surface area contributed by atoms with Crippen LogP contribution in [0.3, 0.4) is 0 Å². The molecule has 1 atom stereocenters. The van der Waals surface area contributed by atoms with Crippen molar-refractivity contribution >= 4 is 17.3 Å². The summed E-state index contributed by atoms with van der Waals surface area (Å²) in [5.41, 5.74) is 1.21. The molecule has 0 saturated carbocycles. The Hall–Kier alpha value is -0.870. The first kappa shape index (κ1) is 13.2. The molecule has 90 valence electrons. The first-order valence-electron chi connectivity index (χ1n) is 5.65. The predicted molar refractivity (Wildman–Crippen MR) is 66.6 cm³/mol. The van der Waals surface area contributed by atoms with Crippen molar-refractivity contribution in [2.45, 2.75) is 32.7 Å². The van der Waals surface area contributed by atoms with Crippen LogP contribution in [0.2, 0.25) is 0 Å². The molecule has 0 bridgehead atoms. The molecule has 3 nitrogen and oxygen atoms in total. The van der Waals surface area contributed by atoms with Crippen molar-refractivity contribution in [3.63, 3.8) is 0 Å². The number of carbonyl (C=O) groups excluding carboxylic acids is 1. The zero-order valence-corrected chi connectivity index (χ0v) is 10.7. The molecule has 1 rings (SSSR count). The third-order valence-corrected chi connectivity index (χ3v) is 3.06. The number of rotatable bonds is 7. The van der Waals surface area contributed by atoms with E-state index in [1.807, 2.05) is 12.3 Å². The van der Waals surface area contributed by atoms with Gasteiger partial charge in [0, 0.05) is 6.04 Å². The van der Waals surface area contributed by atoms with Gasteiger partial charge in [0.25, 0.3) is 0 Å². The number of ether oxygens (including phenoxy) is 1. The third-order valence-electron chi connectivity index (χ3n) is 2.36. The van der Waals surface area contributed by atoms with Crippen LogP contribution in [0, 0.1) is 0 Å². The molecule has 16 heavy (non-hydrogen) atoms. The lowest BCUT2D eigenvalue weighted by atomic mass is 10.2. The van der Waals surface area contributed by atoms with E-state index in [-0.39, 0.29) is 18.6 Å². The fourth-order valence-corrected chi connectivity index (χ4v) is 2.01. The van der Waals surface area contributed by atoms with Crippen LogP contribution in [-0.2, 0) is 9.53 Å². The molecule has 1 N–H and O–H groups in total. The van der Waals surface area contributed by atoms with Crippen molar-refractivity contribution in [3.05, 3.63) is 22.4 Å². The van der Waals surface area contributed by atoms with Gasteiger partial charge in [0.15, 0.2) is 0 Å². The van der Waals surface area contributed by atoms with E-state index in [9.17, 15) is 4.79 Å². The Bertz CT molecular complexity index is 298. The van der Waals surface area contributed by atoms with Crippen LogP contribution in [-0.4, -0.2) is 19.1 Å². The van der Waals surface area contributed by atoms with E-state index in [0.717, 1.165) is 12.8 Å². The van der Waals surface area contributed by atoms with Gasteiger partial charge < -0.3 is 10.1 Å². The highest BCUT2D eigenvalue weighted by atomic mass is 32.1. The van der Waals surface area contributed by atoms with Gasteiger partial charge >= 0.3 is 5.97 Å². The van der Waals surface area contributed by atoms with E-state index in [0.29, 0.717) is 6.61 Å².